The van der Waals surface area contributed by atoms with Gasteiger partial charge in [-0.2, -0.15) is 5.26 Å². The lowest BCUT2D eigenvalue weighted by Crippen LogP contribution is -2.14. The zero-order chi connectivity index (χ0) is 27.4. The van der Waals surface area contributed by atoms with Crippen molar-refractivity contribution in [3.63, 3.8) is 0 Å². The first-order chi connectivity index (χ1) is 19.0. The molecular formula is C31H30ClN7. The van der Waals surface area contributed by atoms with Gasteiger partial charge in [0.05, 0.1) is 40.7 Å². The highest BCUT2D eigenvalue weighted by Gasteiger charge is 2.22. The average molecular weight is 536 g/mol. The monoisotopic (exact) mass is 535 g/mol. The predicted molar refractivity (Wildman–Crippen MR) is 157 cm³/mol. The first-order valence-corrected chi connectivity index (χ1v) is 13.4. The summed E-state index contributed by atoms with van der Waals surface area (Å²) in [6.45, 7) is 6.26. The van der Waals surface area contributed by atoms with Gasteiger partial charge in [-0.25, -0.2) is 4.68 Å². The molecule has 2 aromatic heterocycles. The Labute approximate surface area is 233 Å². The summed E-state index contributed by atoms with van der Waals surface area (Å²) in [6, 6.07) is 26.3. The van der Waals surface area contributed by atoms with E-state index >= 15 is 0 Å². The van der Waals surface area contributed by atoms with Crippen LogP contribution in [0.4, 0.5) is 11.4 Å². The number of aromatic nitrogens is 4. The number of halogens is 1. The fraction of sp³-hybridized carbons (Fsp3) is 0.226. The zero-order valence-electron chi connectivity index (χ0n) is 22.1. The molecule has 0 saturated carbocycles. The first-order valence-electron chi connectivity index (χ1n) is 13.1. The Bertz CT molecular complexity index is 1610. The van der Waals surface area contributed by atoms with E-state index in [9.17, 15) is 5.26 Å². The summed E-state index contributed by atoms with van der Waals surface area (Å²) in [4.78, 5) is 4.71. The van der Waals surface area contributed by atoms with Crippen LogP contribution in [0.2, 0.25) is 5.02 Å². The molecule has 7 nitrogen and oxygen atoms in total. The minimum atomic E-state index is -0.290. The Morgan fingerprint density at radius 3 is 2.28 bits per heavy atom. The molecule has 2 atom stereocenters. The van der Waals surface area contributed by atoms with Crippen LogP contribution in [0.5, 0.6) is 0 Å². The van der Waals surface area contributed by atoms with Crippen LogP contribution >= 0.6 is 11.6 Å². The van der Waals surface area contributed by atoms with Crippen molar-refractivity contribution in [1.82, 2.24) is 20.0 Å². The maximum absolute atomic E-state index is 9.97. The number of nitriles is 1. The van der Waals surface area contributed by atoms with Crippen LogP contribution in [0.1, 0.15) is 67.7 Å². The second-order valence-electron chi connectivity index (χ2n) is 9.73. The van der Waals surface area contributed by atoms with Crippen LogP contribution in [0.15, 0.2) is 85.2 Å². The van der Waals surface area contributed by atoms with Crippen molar-refractivity contribution in [2.75, 3.05) is 10.6 Å². The molecule has 0 bridgehead atoms. The van der Waals surface area contributed by atoms with E-state index in [0.717, 1.165) is 34.3 Å². The fourth-order valence-corrected chi connectivity index (χ4v) is 4.92. The Kier molecular flexibility index (Phi) is 7.76. The topological polar surface area (TPSA) is 91.5 Å². The maximum atomic E-state index is 9.97. The third-order valence-corrected chi connectivity index (χ3v) is 6.99. The molecule has 0 aliphatic rings. The SMILES string of the molecule is CC[C@@H](Nc1c(C#N)cnc2c(N[C@@H](c3ccccc3)c3cn(C(C)C)nn3)cc(Cl)cc12)c1ccccc1. The minimum absolute atomic E-state index is 0.0161. The second kappa shape index (κ2) is 11.5. The van der Waals surface area contributed by atoms with Gasteiger partial charge >= 0.3 is 0 Å². The second-order valence-corrected chi connectivity index (χ2v) is 10.2. The van der Waals surface area contributed by atoms with Gasteiger partial charge in [0, 0.05) is 22.6 Å². The molecule has 0 aliphatic heterocycles. The number of benzene rings is 3. The molecule has 0 unspecified atom stereocenters. The van der Waals surface area contributed by atoms with Gasteiger partial charge in [0.2, 0.25) is 0 Å². The molecule has 8 heteroatoms. The van der Waals surface area contributed by atoms with Crippen molar-refractivity contribution in [3.8, 4) is 6.07 Å². The maximum Gasteiger partial charge on any atom is 0.109 e. The number of fused-ring (bicyclic) bond motifs is 1. The Morgan fingerprint density at radius 1 is 0.974 bits per heavy atom. The molecule has 5 rings (SSSR count). The number of nitrogens with zero attached hydrogens (tertiary/aromatic N) is 5. The number of nitrogens with one attached hydrogen (secondary N) is 2. The molecule has 0 saturated heterocycles. The van der Waals surface area contributed by atoms with E-state index in [4.69, 9.17) is 16.6 Å². The summed E-state index contributed by atoms with van der Waals surface area (Å²) in [5.41, 5.74) is 5.59. The summed E-state index contributed by atoms with van der Waals surface area (Å²) in [6.07, 6.45) is 4.42. The molecule has 196 valence electrons. The summed E-state index contributed by atoms with van der Waals surface area (Å²) < 4.78 is 1.84. The van der Waals surface area contributed by atoms with E-state index in [1.54, 1.807) is 6.20 Å². The largest absolute Gasteiger partial charge is 0.377 e. The minimum Gasteiger partial charge on any atom is -0.377 e. The summed E-state index contributed by atoms with van der Waals surface area (Å²) in [5, 5.41) is 27.3. The molecule has 0 amide bonds. The smallest absolute Gasteiger partial charge is 0.109 e. The number of pyridine rings is 1. The standard InChI is InChI=1S/C31H30ClN7/c1-4-26(21-11-7-5-8-12-21)35-29-23(17-33)18-34-31-25(29)15-24(32)16-27(31)36-30(22-13-9-6-10-14-22)28-19-39(20(2)3)38-37-28/h5-16,18-20,26,30,36H,4H2,1-3H3,(H,34,35)/t26-,30+/m1/s1. The first kappa shape index (κ1) is 26.2. The lowest BCUT2D eigenvalue weighted by Gasteiger charge is -2.23. The molecule has 0 fully saturated rings. The van der Waals surface area contributed by atoms with Crippen molar-refractivity contribution in [3.05, 3.63) is 113 Å². The third kappa shape index (κ3) is 5.57. The van der Waals surface area contributed by atoms with E-state index in [0.29, 0.717) is 21.8 Å². The highest BCUT2D eigenvalue weighted by Crippen LogP contribution is 2.38. The van der Waals surface area contributed by atoms with E-state index < -0.39 is 0 Å². The van der Waals surface area contributed by atoms with Gasteiger partial charge in [-0.15, -0.1) is 5.10 Å². The molecule has 0 spiro atoms. The van der Waals surface area contributed by atoms with E-state index in [-0.39, 0.29) is 18.1 Å². The fourth-order valence-electron chi connectivity index (χ4n) is 4.70. The summed E-state index contributed by atoms with van der Waals surface area (Å²) in [5.74, 6) is 0. The van der Waals surface area contributed by atoms with Gasteiger partial charge in [-0.05, 0) is 43.5 Å². The molecule has 3 aromatic carbocycles. The number of rotatable bonds is 9. The van der Waals surface area contributed by atoms with Crippen LogP contribution in [-0.2, 0) is 0 Å². The molecule has 5 aromatic rings. The van der Waals surface area contributed by atoms with Crippen molar-refractivity contribution in [2.45, 2.75) is 45.3 Å². The Balaban J connectivity index is 1.61. The Hall–Kier alpha value is -4.41. The lowest BCUT2D eigenvalue weighted by molar-refractivity contribution is 0.514. The van der Waals surface area contributed by atoms with Gasteiger partial charge in [-0.3, -0.25) is 4.98 Å². The number of anilines is 2. The zero-order valence-corrected chi connectivity index (χ0v) is 22.9. The van der Waals surface area contributed by atoms with Crippen LogP contribution in [0.3, 0.4) is 0 Å². The molecule has 0 aliphatic carbocycles. The summed E-state index contributed by atoms with van der Waals surface area (Å²) >= 11 is 6.69. The van der Waals surface area contributed by atoms with Gasteiger partial charge in [0.1, 0.15) is 11.8 Å². The van der Waals surface area contributed by atoms with Crippen LogP contribution in [0.25, 0.3) is 10.9 Å². The van der Waals surface area contributed by atoms with Crippen molar-refractivity contribution in [1.29, 1.82) is 5.26 Å². The number of hydrogen-bond acceptors (Lipinski definition) is 6. The Morgan fingerprint density at radius 2 is 1.67 bits per heavy atom. The van der Waals surface area contributed by atoms with Crippen LogP contribution in [-0.4, -0.2) is 20.0 Å². The number of hydrogen-bond donors (Lipinski definition) is 2. The van der Waals surface area contributed by atoms with Crippen molar-refractivity contribution >= 4 is 33.9 Å². The van der Waals surface area contributed by atoms with Gasteiger partial charge in [0.25, 0.3) is 0 Å². The van der Waals surface area contributed by atoms with Gasteiger partial charge < -0.3 is 10.6 Å². The molecule has 2 heterocycles. The predicted octanol–water partition coefficient (Wildman–Crippen LogP) is 7.70. The molecule has 2 N–H and O–H groups in total. The molecular weight excluding hydrogens is 506 g/mol. The van der Waals surface area contributed by atoms with Crippen LogP contribution in [0, 0.1) is 11.3 Å². The normalized spacial score (nSPS) is 12.7. The highest BCUT2D eigenvalue weighted by atomic mass is 35.5. The average Bonchev–Trinajstić information content (AvgIpc) is 3.46. The highest BCUT2D eigenvalue weighted by molar-refractivity contribution is 6.32. The van der Waals surface area contributed by atoms with Crippen molar-refractivity contribution < 1.29 is 0 Å². The lowest BCUT2D eigenvalue weighted by atomic mass is 10.0. The van der Waals surface area contributed by atoms with E-state index in [2.05, 4.69) is 72.1 Å². The summed E-state index contributed by atoms with van der Waals surface area (Å²) in [7, 11) is 0. The third-order valence-electron chi connectivity index (χ3n) is 6.77. The van der Waals surface area contributed by atoms with Gasteiger partial charge in [0.15, 0.2) is 0 Å². The van der Waals surface area contributed by atoms with E-state index in [1.165, 1.54) is 0 Å². The van der Waals surface area contributed by atoms with Gasteiger partial charge in [-0.1, -0.05) is 84.4 Å². The molecule has 39 heavy (non-hydrogen) atoms. The van der Waals surface area contributed by atoms with Crippen molar-refractivity contribution in [2.24, 2.45) is 0 Å². The van der Waals surface area contributed by atoms with E-state index in [1.807, 2.05) is 59.4 Å². The molecule has 0 radical (unpaired) electrons. The quantitative estimate of drug-likeness (QED) is 0.201. The van der Waals surface area contributed by atoms with Crippen LogP contribution < -0.4 is 10.6 Å².